The van der Waals surface area contributed by atoms with E-state index in [0.29, 0.717) is 0 Å². The molecule has 0 aliphatic carbocycles. The van der Waals surface area contributed by atoms with Crippen LogP contribution in [0.2, 0.25) is 0 Å². The molecule has 0 heterocycles. The van der Waals surface area contributed by atoms with E-state index in [1.54, 1.807) is 12.1 Å². The molecule has 0 aliphatic rings. The Balaban J connectivity index is 2.16. The lowest BCUT2D eigenvalue weighted by molar-refractivity contribution is -0.186. The summed E-state index contributed by atoms with van der Waals surface area (Å²) >= 11 is 0. The highest BCUT2D eigenvalue weighted by molar-refractivity contribution is 5.63. The number of hydrogen-bond acceptors (Lipinski definition) is 1. The van der Waals surface area contributed by atoms with Crippen LogP contribution in [0.4, 0.5) is 13.2 Å². The van der Waals surface area contributed by atoms with Crippen LogP contribution in [-0.2, 0) is 0 Å². The molecule has 0 amide bonds. The van der Waals surface area contributed by atoms with Crippen LogP contribution in [0.1, 0.15) is 0 Å². The average Bonchev–Trinajstić information content (AvgIpc) is 2.40. The predicted octanol–water partition coefficient (Wildman–Crippen LogP) is 4.29. The van der Waals surface area contributed by atoms with Gasteiger partial charge in [0.2, 0.25) is 0 Å². The number of hydrogen-bond donors (Lipinski definition) is 0. The van der Waals surface area contributed by atoms with Crippen molar-refractivity contribution in [3.63, 3.8) is 0 Å². The summed E-state index contributed by atoms with van der Waals surface area (Å²) in [5, 5.41) is 0. The molecule has 0 spiro atoms. The van der Waals surface area contributed by atoms with E-state index < -0.39 is 12.8 Å². The third-order valence-corrected chi connectivity index (χ3v) is 2.38. The Morgan fingerprint density at radius 3 is 1.94 bits per heavy atom. The van der Waals surface area contributed by atoms with Gasteiger partial charge in [0, 0.05) is 0 Å². The van der Waals surface area contributed by atoms with Crippen LogP contribution in [-0.4, -0.2) is 12.8 Å². The molecule has 2 aromatic rings. The van der Waals surface area contributed by atoms with Gasteiger partial charge in [0.1, 0.15) is 5.75 Å². The van der Waals surface area contributed by atoms with Crippen LogP contribution >= 0.6 is 0 Å². The van der Waals surface area contributed by atoms with Crippen LogP contribution < -0.4 is 4.74 Å². The largest absolute Gasteiger partial charge is 0.431 e. The van der Waals surface area contributed by atoms with Gasteiger partial charge in [-0.1, -0.05) is 42.5 Å². The quantitative estimate of drug-likeness (QED) is 0.788. The predicted molar refractivity (Wildman–Crippen MR) is 63.4 cm³/mol. The maximum Gasteiger partial charge on any atom is 0.427 e. The second-order valence-corrected chi connectivity index (χ2v) is 3.76. The molecule has 0 N–H and O–H groups in total. The fourth-order valence-electron chi connectivity index (χ4n) is 1.55. The molecule has 94 valence electrons. The third-order valence-electron chi connectivity index (χ3n) is 2.38. The molecular weight excluding hydrogens is 241 g/mol. The lowest BCUT2D eigenvalue weighted by Gasteiger charge is -2.14. The minimum absolute atomic E-state index is 0.0580. The first kappa shape index (κ1) is 12.5. The third kappa shape index (κ3) is 3.03. The van der Waals surface area contributed by atoms with Gasteiger partial charge in [-0.15, -0.1) is 0 Å². The monoisotopic (exact) mass is 252 g/mol. The van der Waals surface area contributed by atoms with Crippen LogP contribution in [0.5, 0.6) is 5.75 Å². The summed E-state index contributed by atoms with van der Waals surface area (Å²) in [5.74, 6) is -0.0580. The Bertz CT molecular complexity index is 494. The molecule has 0 fully saturated rings. The topological polar surface area (TPSA) is 9.23 Å². The summed E-state index contributed by atoms with van der Waals surface area (Å²) in [6, 6.07) is 15.6. The lowest BCUT2D eigenvalue weighted by atomic mass is 10.1. The molecule has 0 aromatic heterocycles. The van der Waals surface area contributed by atoms with Crippen LogP contribution in [0, 0.1) is 0 Å². The highest BCUT2D eigenvalue weighted by atomic mass is 19.3. The van der Waals surface area contributed by atoms with E-state index in [1.165, 1.54) is 12.1 Å². The zero-order valence-electron chi connectivity index (χ0n) is 9.45. The van der Waals surface area contributed by atoms with Crippen LogP contribution in [0.25, 0.3) is 11.1 Å². The van der Waals surface area contributed by atoms with Gasteiger partial charge in [0.25, 0.3) is 0 Å². The Hall–Kier alpha value is -1.97. The molecule has 1 nitrogen and oxygen atoms in total. The Morgan fingerprint density at radius 1 is 0.833 bits per heavy atom. The molecule has 0 unspecified atom stereocenters. The summed E-state index contributed by atoms with van der Waals surface area (Å²) in [6.45, 7) is -1.84. The van der Waals surface area contributed by atoms with E-state index in [2.05, 4.69) is 4.74 Å². The van der Waals surface area contributed by atoms with Gasteiger partial charge in [-0.3, -0.25) is 0 Å². The summed E-state index contributed by atoms with van der Waals surface area (Å²) in [7, 11) is 0. The lowest BCUT2D eigenvalue weighted by Crippen LogP contribution is -2.26. The molecular formula is C14H11F3O. The highest BCUT2D eigenvalue weighted by Gasteiger charge is 2.31. The molecule has 4 heteroatoms. The number of rotatable bonds is 4. The Morgan fingerprint density at radius 2 is 1.39 bits per heavy atom. The zero-order valence-corrected chi connectivity index (χ0v) is 9.45. The molecule has 0 bridgehead atoms. The van der Waals surface area contributed by atoms with Gasteiger partial charge in [-0.25, -0.2) is 4.39 Å². The van der Waals surface area contributed by atoms with E-state index in [1.807, 2.05) is 30.3 Å². The smallest absolute Gasteiger partial charge is 0.427 e. The van der Waals surface area contributed by atoms with E-state index in [-0.39, 0.29) is 5.75 Å². The summed E-state index contributed by atoms with van der Waals surface area (Å²) in [6.07, 6.45) is -3.77. The molecule has 0 saturated carbocycles. The molecule has 0 aliphatic heterocycles. The Labute approximate surface area is 103 Å². The second kappa shape index (κ2) is 5.12. The highest BCUT2D eigenvalue weighted by Crippen LogP contribution is 2.25. The van der Waals surface area contributed by atoms with Crippen molar-refractivity contribution < 1.29 is 17.9 Å². The molecule has 0 radical (unpaired) electrons. The molecule has 18 heavy (non-hydrogen) atoms. The van der Waals surface area contributed by atoms with Gasteiger partial charge in [-0.05, 0) is 23.3 Å². The van der Waals surface area contributed by atoms with Crippen molar-refractivity contribution in [3.05, 3.63) is 54.6 Å². The van der Waals surface area contributed by atoms with Crippen molar-refractivity contribution in [2.24, 2.45) is 0 Å². The number of alkyl halides is 3. The van der Waals surface area contributed by atoms with Gasteiger partial charge < -0.3 is 4.74 Å². The maximum absolute atomic E-state index is 12.7. The summed E-state index contributed by atoms with van der Waals surface area (Å²) in [5.41, 5.74) is 1.85. The van der Waals surface area contributed by atoms with Gasteiger partial charge in [0.15, 0.2) is 6.67 Å². The number of halogens is 3. The maximum atomic E-state index is 12.7. The SMILES string of the molecule is FCC(F)(F)Oc1ccc(-c2ccccc2)cc1. The molecule has 0 atom stereocenters. The summed E-state index contributed by atoms with van der Waals surface area (Å²) in [4.78, 5) is 0. The average molecular weight is 252 g/mol. The Kier molecular flexibility index (Phi) is 3.55. The van der Waals surface area contributed by atoms with Gasteiger partial charge >= 0.3 is 6.11 Å². The normalized spacial score (nSPS) is 11.3. The van der Waals surface area contributed by atoms with Crippen LogP contribution in [0.15, 0.2) is 54.6 Å². The molecule has 2 aromatic carbocycles. The first-order valence-corrected chi connectivity index (χ1v) is 5.39. The second-order valence-electron chi connectivity index (χ2n) is 3.76. The van der Waals surface area contributed by atoms with Crippen LogP contribution in [0.3, 0.4) is 0 Å². The standard InChI is InChI=1S/C14H11F3O/c15-10-14(16,17)18-13-8-6-12(7-9-13)11-4-2-1-3-5-11/h1-9H,10H2. The van der Waals surface area contributed by atoms with E-state index in [4.69, 9.17) is 0 Å². The van der Waals surface area contributed by atoms with Gasteiger partial charge in [0.05, 0.1) is 0 Å². The minimum atomic E-state index is -3.77. The van der Waals surface area contributed by atoms with Crippen molar-refractivity contribution in [3.8, 4) is 16.9 Å². The van der Waals surface area contributed by atoms with E-state index >= 15 is 0 Å². The number of ether oxygens (including phenoxy) is 1. The van der Waals surface area contributed by atoms with Crippen molar-refractivity contribution in [1.82, 2.24) is 0 Å². The fraction of sp³-hybridized carbons (Fsp3) is 0.143. The van der Waals surface area contributed by atoms with Gasteiger partial charge in [-0.2, -0.15) is 8.78 Å². The first-order chi connectivity index (χ1) is 8.61. The molecule has 2 rings (SSSR count). The zero-order chi connectivity index (χ0) is 13.0. The first-order valence-electron chi connectivity index (χ1n) is 5.39. The number of benzene rings is 2. The minimum Gasteiger partial charge on any atom is -0.431 e. The fourth-order valence-corrected chi connectivity index (χ4v) is 1.55. The van der Waals surface area contributed by atoms with Crippen molar-refractivity contribution in [2.45, 2.75) is 6.11 Å². The van der Waals surface area contributed by atoms with E-state index in [9.17, 15) is 13.2 Å². The van der Waals surface area contributed by atoms with Crippen molar-refractivity contribution in [1.29, 1.82) is 0 Å². The molecule has 0 saturated heterocycles. The van der Waals surface area contributed by atoms with E-state index in [0.717, 1.165) is 11.1 Å². The summed E-state index contributed by atoms with van der Waals surface area (Å²) < 4.78 is 41.5. The van der Waals surface area contributed by atoms with Crippen molar-refractivity contribution >= 4 is 0 Å². The van der Waals surface area contributed by atoms with Crippen molar-refractivity contribution in [2.75, 3.05) is 6.67 Å².